The maximum Gasteiger partial charge on any atom is 0.160 e. The zero-order chi connectivity index (χ0) is 37.6. The lowest BCUT2D eigenvalue weighted by atomic mass is 9.76. The van der Waals surface area contributed by atoms with Gasteiger partial charge in [-0.3, -0.25) is 9.59 Å². The molecule has 0 unspecified atom stereocenters. The molecule has 8 heteroatoms. The highest BCUT2D eigenvalue weighted by atomic mass is 32.2. The van der Waals surface area contributed by atoms with Crippen LogP contribution >= 0.6 is 0 Å². The summed E-state index contributed by atoms with van der Waals surface area (Å²) in [5, 5.41) is 0. The normalized spacial score (nSPS) is 14.2. The van der Waals surface area contributed by atoms with E-state index in [1.165, 1.54) is 0 Å². The van der Waals surface area contributed by atoms with Gasteiger partial charge in [-0.15, -0.1) is 0 Å². The van der Waals surface area contributed by atoms with Crippen molar-refractivity contribution in [2.75, 3.05) is 5.75 Å². The minimum absolute atomic E-state index is 0.129. The lowest BCUT2D eigenvalue weighted by molar-refractivity contribution is -0.134. The van der Waals surface area contributed by atoms with Crippen LogP contribution in [0.2, 0.25) is 0 Å². The van der Waals surface area contributed by atoms with Crippen molar-refractivity contribution in [2.45, 2.75) is 187 Å². The second kappa shape index (κ2) is 15.9. The molecule has 0 aliphatic heterocycles. The van der Waals surface area contributed by atoms with Gasteiger partial charge in [-0.1, -0.05) is 104 Å². The summed E-state index contributed by atoms with van der Waals surface area (Å²) in [7, 11) is -5.97. The molecule has 0 radical (unpaired) electrons. The fourth-order valence-corrected chi connectivity index (χ4v) is 6.99. The Bertz CT molecular complexity index is 1060. The highest BCUT2D eigenvalue weighted by Crippen LogP contribution is 2.29. The van der Waals surface area contributed by atoms with E-state index in [0.717, 1.165) is 0 Å². The topological polar surface area (TPSA) is 102 Å². The Labute approximate surface area is 276 Å². The molecule has 6 nitrogen and oxygen atoms in total. The van der Waals surface area contributed by atoms with Crippen molar-refractivity contribution < 1.29 is 26.4 Å². The fourth-order valence-electron chi connectivity index (χ4n) is 3.58. The minimum Gasteiger partial charge on any atom is -0.299 e. The second-order valence-corrected chi connectivity index (χ2v) is 26.6. The third-order valence-corrected chi connectivity index (χ3v) is 12.4. The average molecular weight is 669 g/mol. The van der Waals surface area contributed by atoms with E-state index in [9.17, 15) is 26.4 Å². The lowest BCUT2D eigenvalue weighted by Crippen LogP contribution is -2.41. The minimum atomic E-state index is -3.01. The molecule has 0 aromatic rings. The van der Waals surface area contributed by atoms with Crippen molar-refractivity contribution in [1.29, 1.82) is 0 Å². The largest absolute Gasteiger partial charge is 0.299 e. The first kappa shape index (κ1) is 50.1. The molecule has 0 heterocycles. The predicted molar refractivity (Wildman–Crippen MR) is 194 cm³/mol. The van der Waals surface area contributed by atoms with E-state index in [4.69, 9.17) is 0 Å². The van der Waals surface area contributed by atoms with Crippen LogP contribution in [0.5, 0.6) is 0 Å². The Hall–Kier alpha value is -0.760. The van der Waals surface area contributed by atoms with Crippen LogP contribution in [0, 0.1) is 27.1 Å². The number of hydrogen-bond acceptors (Lipinski definition) is 6. The van der Waals surface area contributed by atoms with E-state index >= 15 is 0 Å². The molecule has 44 heavy (non-hydrogen) atoms. The van der Waals surface area contributed by atoms with Crippen LogP contribution in [-0.4, -0.2) is 48.4 Å². The Morgan fingerprint density at radius 2 is 0.682 bits per heavy atom. The molecule has 0 aliphatic carbocycles. The first-order valence-electron chi connectivity index (χ1n) is 15.8. The molecular formula is C36H76O6S2. The van der Waals surface area contributed by atoms with Gasteiger partial charge in [0.2, 0.25) is 0 Å². The number of carbonyl (C=O) groups excluding carboxylic acids is 2. The summed E-state index contributed by atoms with van der Waals surface area (Å²) in [5.74, 6) is 0.925. The molecule has 0 saturated heterocycles. The van der Waals surface area contributed by atoms with Gasteiger partial charge in [-0.05, 0) is 73.1 Å². The van der Waals surface area contributed by atoms with Gasteiger partial charge in [0.1, 0.15) is 11.6 Å². The van der Waals surface area contributed by atoms with E-state index < -0.39 is 33.9 Å². The number of hydrogen-bond donors (Lipinski definition) is 0. The van der Waals surface area contributed by atoms with Gasteiger partial charge in [0.15, 0.2) is 19.7 Å². The van der Waals surface area contributed by atoms with Crippen LogP contribution in [0.25, 0.3) is 0 Å². The molecule has 0 saturated carbocycles. The Balaban J connectivity index is -0.000000243. The number of Topliss-reactive ketones (excluding diaryl/α,β-unsaturated/α-hetero) is 2. The maximum absolute atomic E-state index is 11.7. The van der Waals surface area contributed by atoms with Crippen molar-refractivity contribution in [1.82, 2.24) is 0 Å². The van der Waals surface area contributed by atoms with Crippen molar-refractivity contribution >= 4 is 31.2 Å². The molecule has 0 N–H and O–H groups in total. The third kappa shape index (κ3) is 21.9. The molecular weight excluding hydrogens is 593 g/mol. The van der Waals surface area contributed by atoms with Gasteiger partial charge in [-0.2, -0.15) is 0 Å². The summed E-state index contributed by atoms with van der Waals surface area (Å²) >= 11 is 0. The second-order valence-electron chi connectivity index (χ2n) is 20.4. The zero-order valence-corrected chi connectivity index (χ0v) is 35.3. The van der Waals surface area contributed by atoms with Crippen LogP contribution < -0.4 is 0 Å². The first-order valence-corrected chi connectivity index (χ1v) is 18.9. The van der Waals surface area contributed by atoms with E-state index in [1.807, 2.05) is 83.1 Å². The summed E-state index contributed by atoms with van der Waals surface area (Å²) in [5.41, 5.74) is -0.583. The standard InChI is InChI=1S/C10H20O.C9H20O2S.C9H18O.C8H18O2S/c1-9(2,3)7-8(11)10(4,5)6;1-8(2,3)7-12(10,11)9(4,5)6;1-8(2,3)7(10)9(4,5)6;1-7(2,3)11(9,10)8(4,5)6/h7H2,1-6H3;7H2,1-6H3;1-6H3;1-6H3. The monoisotopic (exact) mass is 669 g/mol. The molecule has 0 atom stereocenters. The third-order valence-electron chi connectivity index (χ3n) is 6.06. The summed E-state index contributed by atoms with van der Waals surface area (Å²) in [4.78, 5) is 23.0. The fraction of sp³-hybridized carbons (Fsp3) is 0.944. The average Bonchev–Trinajstić information content (AvgIpc) is 2.60. The maximum atomic E-state index is 11.7. The smallest absolute Gasteiger partial charge is 0.160 e. The van der Waals surface area contributed by atoms with Crippen molar-refractivity contribution in [3.8, 4) is 0 Å². The number of sulfone groups is 2. The van der Waals surface area contributed by atoms with Crippen LogP contribution in [-0.2, 0) is 29.3 Å². The SMILES string of the molecule is CC(C)(C)C(=O)C(C)(C)C.CC(C)(C)CC(=O)C(C)(C)C.CC(C)(C)CS(=O)(=O)C(C)(C)C.CC(C)(C)S(=O)(=O)C(C)(C)C. The summed E-state index contributed by atoms with van der Waals surface area (Å²) in [6, 6.07) is 0. The number of rotatable bonds is 2. The van der Waals surface area contributed by atoms with Gasteiger partial charge in [0.25, 0.3) is 0 Å². The highest BCUT2D eigenvalue weighted by Gasteiger charge is 2.39. The van der Waals surface area contributed by atoms with Gasteiger partial charge < -0.3 is 0 Å². The summed E-state index contributed by atoms with van der Waals surface area (Å²) < 4.78 is 44.8. The van der Waals surface area contributed by atoms with Crippen LogP contribution in [0.4, 0.5) is 0 Å². The summed E-state index contributed by atoms with van der Waals surface area (Å²) in [6.07, 6.45) is 0.677. The lowest BCUT2D eigenvalue weighted by Gasteiger charge is -2.29. The number of carbonyl (C=O) groups is 2. The molecule has 268 valence electrons. The van der Waals surface area contributed by atoms with E-state index in [2.05, 4.69) is 20.8 Å². The molecule has 0 aromatic heterocycles. The van der Waals surface area contributed by atoms with Gasteiger partial charge in [-0.25, -0.2) is 16.8 Å². The molecule has 0 amide bonds. The molecule has 0 aromatic carbocycles. The summed E-state index contributed by atoms with van der Waals surface area (Å²) in [6.45, 7) is 45.4. The number of ketones is 2. The van der Waals surface area contributed by atoms with Crippen molar-refractivity contribution in [3.63, 3.8) is 0 Å². The predicted octanol–water partition coefficient (Wildman–Crippen LogP) is 9.93. The van der Waals surface area contributed by atoms with Crippen molar-refractivity contribution in [2.24, 2.45) is 27.1 Å². The first-order chi connectivity index (χ1) is 18.2. The zero-order valence-electron chi connectivity index (χ0n) is 33.7. The Morgan fingerprint density at radius 1 is 0.409 bits per heavy atom. The highest BCUT2D eigenvalue weighted by molar-refractivity contribution is 7.94. The van der Waals surface area contributed by atoms with Gasteiger partial charge in [0.05, 0.1) is 20.0 Å². The van der Waals surface area contributed by atoms with E-state index in [1.54, 1.807) is 62.3 Å². The van der Waals surface area contributed by atoms with Gasteiger partial charge in [0, 0.05) is 22.7 Å². The van der Waals surface area contributed by atoms with E-state index in [0.29, 0.717) is 18.0 Å². The van der Waals surface area contributed by atoms with Gasteiger partial charge >= 0.3 is 0 Å². The Kier molecular flexibility index (Phi) is 18.1. The van der Waals surface area contributed by atoms with Crippen molar-refractivity contribution in [3.05, 3.63) is 0 Å². The molecule has 0 fully saturated rings. The van der Waals surface area contributed by atoms with E-state index in [-0.39, 0.29) is 32.8 Å². The molecule has 0 bridgehead atoms. The van der Waals surface area contributed by atoms with Crippen LogP contribution in [0.3, 0.4) is 0 Å². The molecule has 0 aliphatic rings. The van der Waals surface area contributed by atoms with Crippen LogP contribution in [0.15, 0.2) is 0 Å². The molecule has 0 rings (SSSR count). The quantitative estimate of drug-likeness (QED) is 0.290. The Morgan fingerprint density at radius 3 is 0.727 bits per heavy atom. The van der Waals surface area contributed by atoms with Crippen LogP contribution in [0.1, 0.15) is 173 Å². The molecule has 0 spiro atoms.